The van der Waals surface area contributed by atoms with Crippen molar-refractivity contribution in [2.75, 3.05) is 17.7 Å². The minimum absolute atomic E-state index is 0.00233. The standard InChI is InChI=1S/C31H45FN8O3Si/c1-7-39-23(12-13-34-39)30(41)37-28(26(20-8-9-20)21-10-11-21)31(42)36-24-16-22(33)27(29(32)35-24)25-18(2)38-40(19(25)3)17-43-14-15-44(4,5)6/h12-13,16,20-21,26,28H,7-11,14-15,17H2,1-6H3,(H,37,41)(H3,33,35,36,42)/t28-/m0/s1. The van der Waals surface area contributed by atoms with Gasteiger partial charge in [-0.3, -0.25) is 14.3 Å². The molecule has 2 fully saturated rings. The maximum absolute atomic E-state index is 15.7. The first-order valence-corrected chi connectivity index (χ1v) is 19.3. The summed E-state index contributed by atoms with van der Waals surface area (Å²) >= 11 is 0. The Balaban J connectivity index is 1.35. The highest BCUT2D eigenvalue weighted by Crippen LogP contribution is 2.51. The lowest BCUT2D eigenvalue weighted by molar-refractivity contribution is -0.119. The van der Waals surface area contributed by atoms with E-state index in [0.717, 1.165) is 31.7 Å². The number of hydrogen-bond acceptors (Lipinski definition) is 7. The number of rotatable bonds is 14. The predicted octanol–water partition coefficient (Wildman–Crippen LogP) is 4.99. The van der Waals surface area contributed by atoms with Gasteiger partial charge in [0.1, 0.15) is 24.3 Å². The molecule has 238 valence electrons. The monoisotopic (exact) mass is 624 g/mol. The van der Waals surface area contributed by atoms with Crippen LogP contribution in [-0.2, 0) is 22.8 Å². The summed E-state index contributed by atoms with van der Waals surface area (Å²) in [4.78, 5) is 31.2. The van der Waals surface area contributed by atoms with Crippen molar-refractivity contribution in [1.82, 2.24) is 29.9 Å². The highest BCUT2D eigenvalue weighted by molar-refractivity contribution is 6.76. The second-order valence-corrected chi connectivity index (χ2v) is 19.0. The minimum Gasteiger partial charge on any atom is -0.398 e. The number of carbonyl (C=O) groups excluding carboxylic acids is 2. The molecule has 5 rings (SSSR count). The molecule has 0 unspecified atom stereocenters. The number of ether oxygens (including phenoxy) is 1. The molecule has 1 atom stereocenters. The number of aromatic nitrogens is 5. The van der Waals surface area contributed by atoms with Crippen LogP contribution in [0.25, 0.3) is 11.1 Å². The van der Waals surface area contributed by atoms with Crippen LogP contribution < -0.4 is 16.4 Å². The molecule has 11 nitrogen and oxygen atoms in total. The lowest BCUT2D eigenvalue weighted by Gasteiger charge is -2.27. The Morgan fingerprint density at radius 2 is 1.82 bits per heavy atom. The van der Waals surface area contributed by atoms with Gasteiger partial charge >= 0.3 is 0 Å². The minimum atomic E-state index is -1.23. The van der Waals surface area contributed by atoms with Crippen molar-refractivity contribution < 1.29 is 18.7 Å². The first-order chi connectivity index (χ1) is 20.9. The number of halogens is 1. The van der Waals surface area contributed by atoms with Crippen molar-refractivity contribution >= 4 is 31.4 Å². The summed E-state index contributed by atoms with van der Waals surface area (Å²) in [6.45, 7) is 13.8. The van der Waals surface area contributed by atoms with Crippen molar-refractivity contribution in [3.63, 3.8) is 0 Å². The molecule has 0 saturated heterocycles. The molecule has 2 amide bonds. The van der Waals surface area contributed by atoms with Crippen molar-refractivity contribution in [2.45, 2.75) is 91.5 Å². The Bertz CT molecular complexity index is 1490. The second kappa shape index (κ2) is 12.8. The van der Waals surface area contributed by atoms with Crippen molar-refractivity contribution in [3.05, 3.63) is 41.4 Å². The molecule has 0 bridgehead atoms. The molecular weight excluding hydrogens is 579 g/mol. The molecule has 3 aromatic heterocycles. The molecule has 0 aromatic carbocycles. The van der Waals surface area contributed by atoms with Crippen LogP contribution in [0.4, 0.5) is 15.9 Å². The number of carbonyl (C=O) groups is 2. The van der Waals surface area contributed by atoms with Crippen LogP contribution in [0.15, 0.2) is 18.3 Å². The van der Waals surface area contributed by atoms with Gasteiger partial charge in [-0.1, -0.05) is 19.6 Å². The lowest BCUT2D eigenvalue weighted by Crippen LogP contribution is -2.50. The molecule has 2 aliphatic carbocycles. The van der Waals surface area contributed by atoms with Gasteiger partial charge in [0.25, 0.3) is 5.91 Å². The number of anilines is 2. The van der Waals surface area contributed by atoms with E-state index in [1.54, 1.807) is 28.6 Å². The first-order valence-electron chi connectivity index (χ1n) is 15.6. The molecular formula is C31H45FN8O3Si. The zero-order valence-electron chi connectivity index (χ0n) is 26.6. The van der Waals surface area contributed by atoms with Crippen LogP contribution in [0.5, 0.6) is 0 Å². The number of pyridine rings is 1. The Labute approximate surface area is 259 Å². The summed E-state index contributed by atoms with van der Waals surface area (Å²) in [7, 11) is -1.23. The molecule has 3 aromatic rings. The van der Waals surface area contributed by atoms with Crippen molar-refractivity contribution in [2.24, 2.45) is 17.8 Å². The van der Waals surface area contributed by atoms with Crippen molar-refractivity contribution in [1.29, 1.82) is 0 Å². The van der Waals surface area contributed by atoms with E-state index in [2.05, 4.69) is 45.5 Å². The summed E-state index contributed by atoms with van der Waals surface area (Å²) in [5.41, 5.74) is 8.93. The SMILES string of the molecule is CCn1nccc1C(=O)N[C@H](C(=O)Nc1cc(N)c(-c2c(C)nn(COCC[Si](C)(C)C)c2C)c(F)n1)C(C1CC1)C1CC1. The fourth-order valence-corrected chi connectivity index (χ4v) is 6.74. The van der Waals surface area contributed by atoms with E-state index in [-0.39, 0.29) is 35.6 Å². The van der Waals surface area contributed by atoms with Gasteiger partial charge in [-0.25, -0.2) is 9.67 Å². The number of nitrogens with one attached hydrogen (secondary N) is 2. The maximum Gasteiger partial charge on any atom is 0.270 e. The Morgan fingerprint density at radius 3 is 2.41 bits per heavy atom. The largest absolute Gasteiger partial charge is 0.398 e. The van der Waals surface area contributed by atoms with Gasteiger partial charge in [0, 0.05) is 50.4 Å². The topological polar surface area (TPSA) is 142 Å². The Hall–Kier alpha value is -3.58. The van der Waals surface area contributed by atoms with Crippen LogP contribution in [0.2, 0.25) is 25.7 Å². The number of amides is 2. The number of nitrogen functional groups attached to an aromatic ring is 1. The van der Waals surface area contributed by atoms with Gasteiger partial charge in [-0.05, 0) is 76.3 Å². The van der Waals surface area contributed by atoms with Crippen molar-refractivity contribution in [3.8, 4) is 11.1 Å². The van der Waals surface area contributed by atoms with E-state index < -0.39 is 26.0 Å². The fraction of sp³-hybridized carbons (Fsp3) is 0.581. The molecule has 3 heterocycles. The molecule has 0 spiro atoms. The van der Waals surface area contributed by atoms with Crippen LogP contribution in [0.3, 0.4) is 0 Å². The summed E-state index contributed by atoms with van der Waals surface area (Å²) < 4.78 is 24.8. The number of nitrogens with zero attached hydrogens (tertiary/aromatic N) is 5. The normalized spacial score (nSPS) is 15.9. The number of aryl methyl sites for hydroxylation is 2. The predicted molar refractivity (Wildman–Crippen MR) is 170 cm³/mol. The molecule has 4 N–H and O–H groups in total. The van der Waals surface area contributed by atoms with Crippen LogP contribution in [-0.4, -0.2) is 57.1 Å². The molecule has 2 saturated carbocycles. The van der Waals surface area contributed by atoms with E-state index in [1.165, 1.54) is 6.07 Å². The fourth-order valence-electron chi connectivity index (χ4n) is 5.98. The first kappa shape index (κ1) is 31.8. The maximum atomic E-state index is 15.7. The molecule has 13 heteroatoms. The summed E-state index contributed by atoms with van der Waals surface area (Å²) in [5.74, 6) is -0.866. The van der Waals surface area contributed by atoms with E-state index in [1.807, 2.05) is 13.8 Å². The van der Waals surface area contributed by atoms with Gasteiger partial charge in [0.2, 0.25) is 11.9 Å². The van der Waals surface area contributed by atoms with E-state index in [9.17, 15) is 9.59 Å². The Kier molecular flexibility index (Phi) is 9.26. The quantitative estimate of drug-likeness (QED) is 0.130. The zero-order chi connectivity index (χ0) is 31.8. The third kappa shape index (κ3) is 7.20. The number of nitrogens with two attached hydrogens (primary N) is 1. The van der Waals surface area contributed by atoms with E-state index >= 15 is 4.39 Å². The van der Waals surface area contributed by atoms with Crippen LogP contribution in [0, 0.1) is 37.5 Å². The van der Waals surface area contributed by atoms with Gasteiger partial charge < -0.3 is 21.1 Å². The van der Waals surface area contributed by atoms with Gasteiger partial charge in [-0.2, -0.15) is 14.6 Å². The average molecular weight is 625 g/mol. The molecule has 44 heavy (non-hydrogen) atoms. The van der Waals surface area contributed by atoms with Crippen LogP contribution in [0.1, 0.15) is 54.5 Å². The van der Waals surface area contributed by atoms with E-state index in [0.29, 0.717) is 47.6 Å². The molecule has 2 aliphatic rings. The van der Waals surface area contributed by atoms with Crippen LogP contribution >= 0.6 is 0 Å². The molecule has 0 aliphatic heterocycles. The van der Waals surface area contributed by atoms with Gasteiger partial charge in [0.05, 0.1) is 11.3 Å². The van der Waals surface area contributed by atoms with Gasteiger partial charge in [0.15, 0.2) is 0 Å². The average Bonchev–Trinajstić information content (AvgIpc) is 3.88. The summed E-state index contributed by atoms with van der Waals surface area (Å²) in [6, 6.07) is 3.34. The van der Waals surface area contributed by atoms with E-state index in [4.69, 9.17) is 10.5 Å². The highest BCUT2D eigenvalue weighted by Gasteiger charge is 2.48. The number of hydrogen-bond donors (Lipinski definition) is 3. The second-order valence-electron chi connectivity index (χ2n) is 13.4. The Morgan fingerprint density at radius 1 is 1.14 bits per heavy atom. The summed E-state index contributed by atoms with van der Waals surface area (Å²) in [6.07, 6.45) is 5.67. The summed E-state index contributed by atoms with van der Waals surface area (Å²) in [5, 5.41) is 14.5. The lowest BCUT2D eigenvalue weighted by atomic mass is 9.88. The van der Waals surface area contributed by atoms with Gasteiger partial charge in [-0.15, -0.1) is 0 Å². The smallest absolute Gasteiger partial charge is 0.270 e. The third-order valence-electron chi connectivity index (χ3n) is 8.63. The zero-order valence-corrected chi connectivity index (χ0v) is 27.6. The highest BCUT2D eigenvalue weighted by atomic mass is 28.3. The third-order valence-corrected chi connectivity index (χ3v) is 10.3. The molecule has 0 radical (unpaired) electrons.